The van der Waals surface area contributed by atoms with Crippen LogP contribution in [0.5, 0.6) is 0 Å². The van der Waals surface area contributed by atoms with Crippen molar-refractivity contribution in [2.45, 2.75) is 97.1 Å². The lowest BCUT2D eigenvalue weighted by molar-refractivity contribution is 0.651. The second kappa shape index (κ2) is 18.1. The lowest BCUT2D eigenvalue weighted by atomic mass is 10.1. The maximum atomic E-state index is 12.7. The lowest BCUT2D eigenvalue weighted by Gasteiger charge is -2.09. The first-order valence-electron chi connectivity index (χ1n) is 22.6. The minimum absolute atomic E-state index is 0.00929. The van der Waals surface area contributed by atoms with Crippen molar-refractivity contribution in [3.8, 4) is 0 Å². The van der Waals surface area contributed by atoms with Crippen molar-refractivity contribution in [1.82, 2.24) is 57.5 Å². The Morgan fingerprint density at radius 2 is 0.681 bits per heavy atom. The van der Waals surface area contributed by atoms with Gasteiger partial charge in [0, 0.05) is 32.8 Å². The number of imidazole rings is 3. The molecule has 0 amide bonds. The van der Waals surface area contributed by atoms with Crippen LogP contribution in [0.4, 0.5) is 17.8 Å². The van der Waals surface area contributed by atoms with Crippen LogP contribution < -0.4 is 32.6 Å². The molecule has 3 aliphatic rings. The SMILES string of the molecule is CC(C)c1ncc2c(=O)n3c(nn12)NC(c1ccc(Cl)cc1)C3.CC(C)c1ncc2c(=O)n3c(nn12)N[C@@H](c1ccc(Cl)cc1)C3.CC(C)c1ncc2c(=O)n3c(nn12)N[C@H](c1ccc(Cl)cc1)C3. The maximum Gasteiger partial charge on any atom is 0.281 e. The van der Waals surface area contributed by atoms with Crippen molar-refractivity contribution in [3.05, 3.63) is 172 Å². The quantitative estimate of drug-likeness (QED) is 0.144. The number of nitrogens with zero attached hydrogens (tertiary/aromatic N) is 12. The molecule has 6 aromatic heterocycles. The molecule has 3 aliphatic heterocycles. The van der Waals surface area contributed by atoms with Crippen LogP contribution in [0.25, 0.3) is 16.6 Å². The Kier molecular flexibility index (Phi) is 12.0. The number of hydrogen-bond donors (Lipinski definition) is 3. The normalized spacial score (nSPS) is 16.8. The number of halogens is 3. The molecule has 69 heavy (non-hydrogen) atoms. The monoisotopic (exact) mass is 987 g/mol. The molecule has 0 bridgehead atoms. The van der Waals surface area contributed by atoms with Gasteiger partial charge in [0.05, 0.1) is 56.4 Å². The lowest BCUT2D eigenvalue weighted by Crippen LogP contribution is -2.22. The van der Waals surface area contributed by atoms with E-state index < -0.39 is 0 Å². The summed E-state index contributed by atoms with van der Waals surface area (Å²) in [6.45, 7) is 13.8. The van der Waals surface area contributed by atoms with E-state index in [-0.39, 0.29) is 52.6 Å². The minimum atomic E-state index is -0.0710. The highest BCUT2D eigenvalue weighted by atomic mass is 35.5. The first kappa shape index (κ1) is 45.7. The molecule has 3 N–H and O–H groups in total. The Bertz CT molecular complexity index is 3200. The third kappa shape index (κ3) is 8.50. The summed E-state index contributed by atoms with van der Waals surface area (Å²) in [5.74, 6) is 4.67. The fourth-order valence-electron chi connectivity index (χ4n) is 8.80. The van der Waals surface area contributed by atoms with Crippen LogP contribution >= 0.6 is 34.8 Å². The topological polar surface area (TPSA) is 193 Å². The molecule has 0 aliphatic carbocycles. The van der Waals surface area contributed by atoms with E-state index in [9.17, 15) is 14.4 Å². The van der Waals surface area contributed by atoms with Crippen LogP contribution in [-0.2, 0) is 19.6 Å². The van der Waals surface area contributed by atoms with E-state index in [1.165, 1.54) is 0 Å². The third-order valence-electron chi connectivity index (χ3n) is 12.4. The minimum Gasteiger partial charge on any atom is -0.346 e. The average Bonchev–Trinajstić information content (AvgIpc) is 4.19. The molecule has 0 saturated heterocycles. The van der Waals surface area contributed by atoms with Gasteiger partial charge in [-0.1, -0.05) is 113 Å². The largest absolute Gasteiger partial charge is 0.346 e. The van der Waals surface area contributed by atoms with Crippen LogP contribution in [0, 0.1) is 0 Å². The van der Waals surface area contributed by atoms with Crippen molar-refractivity contribution in [2.75, 3.05) is 16.0 Å². The molecule has 18 nitrogen and oxygen atoms in total. The van der Waals surface area contributed by atoms with Gasteiger partial charge in [-0.2, -0.15) is 0 Å². The summed E-state index contributed by atoms with van der Waals surface area (Å²) >= 11 is 17.8. The van der Waals surface area contributed by atoms with Gasteiger partial charge >= 0.3 is 0 Å². The van der Waals surface area contributed by atoms with Crippen LogP contribution in [0.1, 0.15) is 112 Å². The van der Waals surface area contributed by atoms with Crippen molar-refractivity contribution >= 4 is 69.2 Å². The molecular weight excluding hydrogens is 941 g/mol. The maximum absolute atomic E-state index is 12.7. The van der Waals surface area contributed by atoms with Gasteiger partial charge in [0.25, 0.3) is 16.7 Å². The first-order valence-corrected chi connectivity index (χ1v) is 23.8. The molecule has 0 radical (unpaired) electrons. The van der Waals surface area contributed by atoms with E-state index in [1.807, 2.05) is 114 Å². The highest BCUT2D eigenvalue weighted by molar-refractivity contribution is 6.31. The van der Waals surface area contributed by atoms with Crippen LogP contribution in [0.3, 0.4) is 0 Å². The molecule has 1 unspecified atom stereocenters. The van der Waals surface area contributed by atoms with E-state index in [0.717, 1.165) is 34.2 Å². The van der Waals surface area contributed by atoms with Crippen LogP contribution in [0.15, 0.2) is 106 Å². The number of benzene rings is 3. The highest BCUT2D eigenvalue weighted by Crippen LogP contribution is 2.31. The van der Waals surface area contributed by atoms with Crippen LogP contribution in [-0.4, -0.2) is 57.5 Å². The fraction of sp³-hybridized carbons (Fsp3) is 0.312. The van der Waals surface area contributed by atoms with Crippen molar-refractivity contribution in [3.63, 3.8) is 0 Å². The van der Waals surface area contributed by atoms with Gasteiger partial charge in [0.15, 0.2) is 16.6 Å². The summed E-state index contributed by atoms with van der Waals surface area (Å²) in [5, 5.41) is 25.8. The van der Waals surface area contributed by atoms with Gasteiger partial charge in [0.1, 0.15) is 17.5 Å². The zero-order valence-electron chi connectivity index (χ0n) is 38.5. The van der Waals surface area contributed by atoms with Gasteiger partial charge in [-0.3, -0.25) is 28.1 Å². The molecule has 3 aromatic carbocycles. The number of rotatable bonds is 6. The molecule has 0 fully saturated rings. The number of hydrogen-bond acceptors (Lipinski definition) is 12. The fourth-order valence-corrected chi connectivity index (χ4v) is 9.17. The number of aromatic nitrogens is 12. The van der Waals surface area contributed by atoms with Gasteiger partial charge in [-0.25, -0.2) is 28.5 Å². The molecule has 0 saturated carbocycles. The van der Waals surface area contributed by atoms with E-state index in [0.29, 0.717) is 69.1 Å². The predicted molar refractivity (Wildman–Crippen MR) is 267 cm³/mol. The predicted octanol–water partition coefficient (Wildman–Crippen LogP) is 8.50. The molecule has 21 heteroatoms. The summed E-state index contributed by atoms with van der Waals surface area (Å²) in [6.07, 6.45) is 4.81. The Balaban J connectivity index is 0.000000120. The second-order valence-electron chi connectivity index (χ2n) is 18.2. The standard InChI is InChI=1S/3C16H16ClN5O/c3*1-9(2)14-18-7-13-15(23)21-8-12(19-16(21)20-22(13)14)10-3-5-11(17)6-4-10/h3*3-7,9,12H,8H2,1-2H3,(H,19,20)/t2*12-;/m10./s1. The van der Waals surface area contributed by atoms with E-state index in [1.54, 1.807) is 45.8 Å². The van der Waals surface area contributed by atoms with Gasteiger partial charge in [0.2, 0.25) is 17.8 Å². The van der Waals surface area contributed by atoms with Crippen molar-refractivity contribution in [2.24, 2.45) is 0 Å². The number of nitrogens with one attached hydrogen (secondary N) is 3. The van der Waals surface area contributed by atoms with E-state index in [2.05, 4.69) is 46.2 Å². The third-order valence-corrected chi connectivity index (χ3v) is 13.2. The zero-order chi connectivity index (χ0) is 48.4. The molecule has 9 heterocycles. The molecule has 3 atom stereocenters. The molecule has 12 rings (SSSR count). The van der Waals surface area contributed by atoms with Crippen molar-refractivity contribution in [1.29, 1.82) is 0 Å². The highest BCUT2D eigenvalue weighted by Gasteiger charge is 2.30. The Labute approximate surface area is 409 Å². The smallest absolute Gasteiger partial charge is 0.281 e. The summed E-state index contributed by atoms with van der Waals surface area (Å²) in [5.41, 5.74) is 4.54. The van der Waals surface area contributed by atoms with Gasteiger partial charge in [-0.15, -0.1) is 15.3 Å². The Morgan fingerprint density at radius 3 is 0.913 bits per heavy atom. The molecule has 0 spiro atoms. The molecule has 9 aromatic rings. The summed E-state index contributed by atoms with van der Waals surface area (Å²) < 4.78 is 9.95. The van der Waals surface area contributed by atoms with Crippen molar-refractivity contribution < 1.29 is 0 Å². The summed E-state index contributed by atoms with van der Waals surface area (Å²) in [7, 11) is 0. The summed E-state index contributed by atoms with van der Waals surface area (Å²) in [6, 6.07) is 22.9. The number of anilines is 3. The van der Waals surface area contributed by atoms with E-state index >= 15 is 0 Å². The zero-order valence-corrected chi connectivity index (χ0v) is 40.7. The second-order valence-corrected chi connectivity index (χ2v) is 19.5. The van der Waals surface area contributed by atoms with Crippen LogP contribution in [0.2, 0.25) is 15.1 Å². The van der Waals surface area contributed by atoms with Gasteiger partial charge in [-0.05, 0) is 53.1 Å². The average molecular weight is 989 g/mol. The number of fused-ring (bicyclic) bond motifs is 6. The Hall–Kier alpha value is -7.02. The van der Waals surface area contributed by atoms with Gasteiger partial charge < -0.3 is 16.0 Å². The summed E-state index contributed by atoms with van der Waals surface area (Å²) in [4.78, 5) is 51.0. The first-order chi connectivity index (χ1) is 33.1. The van der Waals surface area contributed by atoms with E-state index in [4.69, 9.17) is 34.8 Å². The molecule has 354 valence electrons. The Morgan fingerprint density at radius 1 is 0.435 bits per heavy atom. The molecular formula is C48H48Cl3N15O3.